The molecule has 0 aromatic heterocycles. The van der Waals surface area contributed by atoms with Gasteiger partial charge in [0.1, 0.15) is 4.90 Å². The van der Waals surface area contributed by atoms with Gasteiger partial charge in [0.25, 0.3) is 10.0 Å². The Morgan fingerprint density at radius 3 is 2.38 bits per heavy atom. The van der Waals surface area contributed by atoms with Crippen LogP contribution in [0.15, 0.2) is 47.4 Å². The molecule has 1 aliphatic rings. The van der Waals surface area contributed by atoms with E-state index in [0.29, 0.717) is 5.69 Å². The minimum absolute atomic E-state index is 0.0838. The first-order valence-corrected chi connectivity index (χ1v) is 10.5. The topological polar surface area (TPSA) is 58.6 Å². The third kappa shape index (κ3) is 4.26. The molecule has 26 heavy (non-hydrogen) atoms. The van der Waals surface area contributed by atoms with E-state index >= 15 is 0 Å². The second-order valence-electron chi connectivity index (χ2n) is 6.15. The van der Waals surface area contributed by atoms with Crippen LogP contribution in [0, 0.1) is 0 Å². The summed E-state index contributed by atoms with van der Waals surface area (Å²) in [7, 11) is -2.14. The Morgan fingerprint density at radius 2 is 1.77 bits per heavy atom. The first-order chi connectivity index (χ1) is 12.4. The lowest BCUT2D eigenvalue weighted by atomic mass is 10.1. The van der Waals surface area contributed by atoms with Crippen LogP contribution in [0.2, 0.25) is 10.0 Å². The van der Waals surface area contributed by atoms with Gasteiger partial charge < -0.3 is 9.64 Å². The van der Waals surface area contributed by atoms with Gasteiger partial charge in [0, 0.05) is 31.6 Å². The summed E-state index contributed by atoms with van der Waals surface area (Å²) in [6, 6.07) is 11.8. The minimum Gasteiger partial charge on any atom is -0.380 e. The Hall–Kier alpha value is -1.47. The molecule has 140 valence electrons. The Labute approximate surface area is 163 Å². The van der Waals surface area contributed by atoms with E-state index < -0.39 is 10.0 Å². The van der Waals surface area contributed by atoms with E-state index in [0.717, 1.165) is 31.6 Å². The number of piperidine rings is 1. The monoisotopic (exact) mass is 414 g/mol. The van der Waals surface area contributed by atoms with Crippen LogP contribution < -0.4 is 9.62 Å². The number of anilines is 2. The summed E-state index contributed by atoms with van der Waals surface area (Å²) in [5.74, 6) is 0. The number of hydrogen-bond acceptors (Lipinski definition) is 4. The lowest BCUT2D eigenvalue weighted by Crippen LogP contribution is -2.39. The maximum atomic E-state index is 12.6. The molecule has 1 fully saturated rings. The van der Waals surface area contributed by atoms with Crippen LogP contribution in [-0.2, 0) is 14.8 Å². The zero-order chi connectivity index (χ0) is 18.7. The molecule has 1 aliphatic heterocycles. The van der Waals surface area contributed by atoms with Crippen LogP contribution in [0.4, 0.5) is 11.4 Å². The maximum absolute atomic E-state index is 12.6. The van der Waals surface area contributed by atoms with Crippen LogP contribution in [-0.4, -0.2) is 34.7 Å². The highest BCUT2D eigenvalue weighted by molar-refractivity contribution is 7.93. The second kappa shape index (κ2) is 8.05. The van der Waals surface area contributed by atoms with Crippen molar-refractivity contribution in [1.82, 2.24) is 0 Å². The van der Waals surface area contributed by atoms with E-state index in [4.69, 9.17) is 27.9 Å². The average molecular weight is 415 g/mol. The molecule has 8 heteroatoms. The third-order valence-corrected chi connectivity index (χ3v) is 6.72. The van der Waals surface area contributed by atoms with Gasteiger partial charge in [0.2, 0.25) is 0 Å². The quantitative estimate of drug-likeness (QED) is 0.786. The van der Waals surface area contributed by atoms with Crippen molar-refractivity contribution in [2.24, 2.45) is 0 Å². The van der Waals surface area contributed by atoms with E-state index in [2.05, 4.69) is 9.62 Å². The first-order valence-electron chi connectivity index (χ1n) is 8.25. The lowest BCUT2D eigenvalue weighted by Gasteiger charge is -2.33. The smallest absolute Gasteiger partial charge is 0.264 e. The Morgan fingerprint density at radius 1 is 1.12 bits per heavy atom. The van der Waals surface area contributed by atoms with Crippen molar-refractivity contribution in [2.75, 3.05) is 29.8 Å². The van der Waals surface area contributed by atoms with Crippen molar-refractivity contribution < 1.29 is 13.2 Å². The number of hydrogen-bond donors (Lipinski definition) is 1. The zero-order valence-corrected chi connectivity index (χ0v) is 16.6. The minimum atomic E-state index is -3.87. The number of sulfonamides is 1. The van der Waals surface area contributed by atoms with E-state index in [1.807, 2.05) is 12.1 Å². The number of nitrogens with zero attached hydrogens (tertiary/aromatic N) is 1. The van der Waals surface area contributed by atoms with Gasteiger partial charge in [-0.2, -0.15) is 0 Å². The summed E-state index contributed by atoms with van der Waals surface area (Å²) in [5.41, 5.74) is 1.48. The fraction of sp³-hybridized carbons (Fsp3) is 0.333. The molecule has 0 amide bonds. The largest absolute Gasteiger partial charge is 0.380 e. The fourth-order valence-electron chi connectivity index (χ4n) is 3.05. The molecule has 1 saturated heterocycles. The molecule has 1 atom stereocenters. The molecular weight excluding hydrogens is 395 g/mol. The van der Waals surface area contributed by atoms with Gasteiger partial charge in [-0.25, -0.2) is 8.42 Å². The molecule has 2 aromatic carbocycles. The van der Waals surface area contributed by atoms with E-state index in [1.54, 1.807) is 25.3 Å². The Kier molecular flexibility index (Phi) is 5.97. The predicted molar refractivity (Wildman–Crippen MR) is 106 cm³/mol. The molecule has 0 radical (unpaired) electrons. The highest BCUT2D eigenvalue weighted by atomic mass is 35.5. The number of halogens is 2. The van der Waals surface area contributed by atoms with Crippen LogP contribution in [0.1, 0.15) is 12.8 Å². The average Bonchev–Trinajstić information content (AvgIpc) is 2.61. The number of benzene rings is 2. The van der Waals surface area contributed by atoms with E-state index in [-0.39, 0.29) is 21.0 Å². The highest BCUT2D eigenvalue weighted by Gasteiger charge is 2.22. The van der Waals surface area contributed by atoms with Crippen molar-refractivity contribution in [1.29, 1.82) is 0 Å². The van der Waals surface area contributed by atoms with Crippen molar-refractivity contribution in [3.63, 3.8) is 0 Å². The summed E-state index contributed by atoms with van der Waals surface area (Å²) >= 11 is 12.0. The molecular formula is C18H20Cl2N2O3S. The number of rotatable bonds is 5. The number of methoxy groups -OCH3 is 1. The number of ether oxygens (including phenoxy) is 1. The van der Waals surface area contributed by atoms with Crippen molar-refractivity contribution in [3.8, 4) is 0 Å². The van der Waals surface area contributed by atoms with Gasteiger partial charge >= 0.3 is 0 Å². The first kappa shape index (κ1) is 19.3. The van der Waals surface area contributed by atoms with Gasteiger partial charge in [0.15, 0.2) is 0 Å². The van der Waals surface area contributed by atoms with Crippen LogP contribution in [0.5, 0.6) is 0 Å². The Balaban J connectivity index is 1.77. The number of nitrogens with one attached hydrogen (secondary N) is 1. The molecule has 0 bridgehead atoms. The van der Waals surface area contributed by atoms with Crippen LogP contribution in [0.25, 0.3) is 0 Å². The molecule has 3 rings (SSSR count). The highest BCUT2D eigenvalue weighted by Crippen LogP contribution is 2.31. The van der Waals surface area contributed by atoms with E-state index in [9.17, 15) is 8.42 Å². The second-order valence-corrected chi connectivity index (χ2v) is 8.58. The summed E-state index contributed by atoms with van der Waals surface area (Å²) in [6.07, 6.45) is 2.35. The zero-order valence-electron chi connectivity index (χ0n) is 14.3. The molecule has 0 spiro atoms. The van der Waals surface area contributed by atoms with E-state index in [1.165, 1.54) is 12.1 Å². The molecule has 1 heterocycles. The maximum Gasteiger partial charge on any atom is 0.264 e. The predicted octanol–water partition coefficient (Wildman–Crippen LogP) is 4.41. The summed E-state index contributed by atoms with van der Waals surface area (Å²) in [5, 5.41) is 0.168. The normalized spacial score (nSPS) is 18.0. The van der Waals surface area contributed by atoms with Crippen LogP contribution >= 0.6 is 23.2 Å². The molecule has 5 nitrogen and oxygen atoms in total. The van der Waals surface area contributed by atoms with Crippen LogP contribution in [0.3, 0.4) is 0 Å². The van der Waals surface area contributed by atoms with Gasteiger partial charge in [-0.15, -0.1) is 0 Å². The van der Waals surface area contributed by atoms with Gasteiger partial charge in [-0.1, -0.05) is 29.3 Å². The third-order valence-electron chi connectivity index (χ3n) is 4.38. The van der Waals surface area contributed by atoms with Gasteiger partial charge in [-0.05, 0) is 49.2 Å². The van der Waals surface area contributed by atoms with Gasteiger partial charge in [0.05, 0.1) is 16.1 Å². The van der Waals surface area contributed by atoms with Crippen molar-refractivity contribution >= 4 is 44.6 Å². The molecule has 0 aliphatic carbocycles. The van der Waals surface area contributed by atoms with Crippen molar-refractivity contribution in [3.05, 3.63) is 52.5 Å². The van der Waals surface area contributed by atoms with Crippen molar-refractivity contribution in [2.45, 2.75) is 23.8 Å². The fourth-order valence-corrected chi connectivity index (χ4v) is 5.26. The Bertz CT molecular complexity index is 852. The molecule has 2 aromatic rings. The lowest BCUT2D eigenvalue weighted by molar-refractivity contribution is 0.0893. The summed E-state index contributed by atoms with van der Waals surface area (Å²) in [4.78, 5) is 2.12. The summed E-state index contributed by atoms with van der Waals surface area (Å²) < 4.78 is 33.2. The summed E-state index contributed by atoms with van der Waals surface area (Å²) in [6.45, 7) is 1.79. The molecule has 1 N–H and O–H groups in total. The standard InChI is InChI=1S/C18H20Cl2N2O3S/c1-25-15-4-3-11-22(12-15)14-9-7-13(8-10-14)21-26(23,24)18-16(19)5-2-6-17(18)20/h2,5-10,15,21H,3-4,11-12H2,1H3. The molecule has 1 unspecified atom stereocenters. The van der Waals surface area contributed by atoms with Gasteiger partial charge in [-0.3, -0.25) is 4.72 Å². The molecule has 0 saturated carbocycles. The SMILES string of the molecule is COC1CCCN(c2ccc(NS(=O)(=O)c3c(Cl)cccc3Cl)cc2)C1.